The normalized spacial score (nSPS) is 17.9. The second kappa shape index (κ2) is 4.78. The number of rotatable bonds is 4. The van der Waals surface area contributed by atoms with E-state index in [-0.39, 0.29) is 0 Å². The average Bonchev–Trinajstić information content (AvgIpc) is 2.79. The van der Waals surface area contributed by atoms with Gasteiger partial charge in [-0.1, -0.05) is 31.9 Å². The van der Waals surface area contributed by atoms with E-state index in [4.69, 9.17) is 0 Å². The van der Waals surface area contributed by atoms with Gasteiger partial charge in [0.05, 0.1) is 0 Å². The lowest BCUT2D eigenvalue weighted by molar-refractivity contribution is -0.142. The maximum absolute atomic E-state index is 11.4. The predicted octanol–water partition coefficient (Wildman–Crippen LogP) is 3.06. The summed E-state index contributed by atoms with van der Waals surface area (Å²) in [5, 5.41) is 12.6. The Morgan fingerprint density at radius 2 is 2.12 bits per heavy atom. The summed E-state index contributed by atoms with van der Waals surface area (Å²) in [5.41, 5.74) is 1.41. The summed E-state index contributed by atoms with van der Waals surface area (Å²) in [5.74, 6) is -0.725. The highest BCUT2D eigenvalue weighted by atomic mass is 16.4. The van der Waals surface area contributed by atoms with Crippen molar-refractivity contribution >= 4 is 11.7 Å². The van der Waals surface area contributed by atoms with Crippen molar-refractivity contribution in [3.05, 3.63) is 29.8 Å². The van der Waals surface area contributed by atoms with Crippen LogP contribution in [0.5, 0.6) is 0 Å². The van der Waals surface area contributed by atoms with Gasteiger partial charge in [0, 0.05) is 5.69 Å². The number of carbonyl (C=O) groups is 1. The van der Waals surface area contributed by atoms with Crippen LogP contribution in [-0.2, 0) is 11.2 Å². The lowest BCUT2D eigenvalue weighted by atomic mass is 9.97. The molecule has 1 saturated carbocycles. The van der Waals surface area contributed by atoms with Crippen LogP contribution in [0.2, 0.25) is 0 Å². The van der Waals surface area contributed by atoms with E-state index in [1.165, 1.54) is 5.56 Å². The zero-order chi connectivity index (χ0) is 12.3. The average molecular weight is 233 g/mol. The molecule has 2 N–H and O–H groups in total. The minimum absolute atomic E-state index is 0.721. The molecule has 1 aliphatic rings. The van der Waals surface area contributed by atoms with Gasteiger partial charge in [-0.25, -0.2) is 4.79 Å². The number of carboxylic acids is 1. The highest BCUT2D eigenvalue weighted by Gasteiger charge is 2.41. The van der Waals surface area contributed by atoms with Gasteiger partial charge in [0.1, 0.15) is 5.54 Å². The lowest BCUT2D eigenvalue weighted by Crippen LogP contribution is -2.43. The third-order valence-corrected chi connectivity index (χ3v) is 3.59. The molecule has 3 heteroatoms. The van der Waals surface area contributed by atoms with Gasteiger partial charge < -0.3 is 10.4 Å². The van der Waals surface area contributed by atoms with Crippen molar-refractivity contribution in [2.75, 3.05) is 5.32 Å². The van der Waals surface area contributed by atoms with E-state index in [0.717, 1.165) is 37.8 Å². The Morgan fingerprint density at radius 1 is 1.41 bits per heavy atom. The highest BCUT2D eigenvalue weighted by molar-refractivity contribution is 5.83. The second-order valence-corrected chi connectivity index (χ2v) is 4.77. The SMILES string of the molecule is CCc1cccc(NC2(C(=O)O)CCCC2)c1. The van der Waals surface area contributed by atoms with Crippen LogP contribution >= 0.6 is 0 Å². The molecule has 92 valence electrons. The van der Waals surface area contributed by atoms with Crippen LogP contribution in [0.3, 0.4) is 0 Å². The van der Waals surface area contributed by atoms with Crippen LogP contribution in [0.25, 0.3) is 0 Å². The Balaban J connectivity index is 2.20. The van der Waals surface area contributed by atoms with Crippen LogP contribution < -0.4 is 5.32 Å². The molecule has 0 aliphatic heterocycles. The molecule has 1 aliphatic carbocycles. The maximum atomic E-state index is 11.4. The summed E-state index contributed by atoms with van der Waals surface area (Å²) < 4.78 is 0. The third-order valence-electron chi connectivity index (χ3n) is 3.59. The predicted molar refractivity (Wildman–Crippen MR) is 68.3 cm³/mol. The monoisotopic (exact) mass is 233 g/mol. The molecule has 0 aromatic heterocycles. The first-order valence-electron chi connectivity index (χ1n) is 6.27. The second-order valence-electron chi connectivity index (χ2n) is 4.77. The summed E-state index contributed by atoms with van der Waals surface area (Å²) >= 11 is 0. The van der Waals surface area contributed by atoms with Crippen LogP contribution in [0.1, 0.15) is 38.2 Å². The van der Waals surface area contributed by atoms with Crippen LogP contribution in [0, 0.1) is 0 Å². The summed E-state index contributed by atoms with van der Waals surface area (Å²) in [6.45, 7) is 2.10. The standard InChI is InChI=1S/C14H19NO2/c1-2-11-6-5-7-12(10-11)15-14(13(16)17)8-3-4-9-14/h5-7,10,15H,2-4,8-9H2,1H3,(H,16,17). The first kappa shape index (κ1) is 12.0. The fourth-order valence-corrected chi connectivity index (χ4v) is 2.52. The third kappa shape index (κ3) is 2.43. The number of hydrogen-bond acceptors (Lipinski definition) is 2. The van der Waals surface area contributed by atoms with Crippen molar-refractivity contribution < 1.29 is 9.90 Å². The molecule has 0 heterocycles. The Hall–Kier alpha value is -1.51. The van der Waals surface area contributed by atoms with E-state index < -0.39 is 11.5 Å². The summed E-state index contributed by atoms with van der Waals surface area (Å²) in [4.78, 5) is 11.4. The Labute approximate surface area is 102 Å². The molecule has 0 amide bonds. The fourth-order valence-electron chi connectivity index (χ4n) is 2.52. The smallest absolute Gasteiger partial charge is 0.329 e. The van der Waals surface area contributed by atoms with Crippen LogP contribution in [0.4, 0.5) is 5.69 Å². The first-order chi connectivity index (χ1) is 8.16. The van der Waals surface area contributed by atoms with Gasteiger partial charge in [-0.15, -0.1) is 0 Å². The molecule has 0 atom stereocenters. The van der Waals surface area contributed by atoms with Crippen LogP contribution in [-0.4, -0.2) is 16.6 Å². The molecule has 0 radical (unpaired) electrons. The fraction of sp³-hybridized carbons (Fsp3) is 0.500. The van der Waals surface area contributed by atoms with E-state index in [0.29, 0.717) is 0 Å². The number of aryl methyl sites for hydroxylation is 1. The highest BCUT2D eigenvalue weighted by Crippen LogP contribution is 2.33. The van der Waals surface area contributed by atoms with Crippen molar-refractivity contribution in [2.45, 2.75) is 44.6 Å². The number of nitrogens with one attached hydrogen (secondary N) is 1. The van der Waals surface area contributed by atoms with Crippen LogP contribution in [0.15, 0.2) is 24.3 Å². The van der Waals surface area contributed by atoms with Gasteiger partial charge in [0.25, 0.3) is 0 Å². The minimum Gasteiger partial charge on any atom is -0.480 e. The lowest BCUT2D eigenvalue weighted by Gasteiger charge is -2.26. The molecule has 1 fully saturated rings. The zero-order valence-electron chi connectivity index (χ0n) is 10.2. The van der Waals surface area contributed by atoms with E-state index >= 15 is 0 Å². The minimum atomic E-state index is -0.744. The molecule has 0 spiro atoms. The van der Waals surface area contributed by atoms with Crippen molar-refractivity contribution in [2.24, 2.45) is 0 Å². The van der Waals surface area contributed by atoms with Gasteiger partial charge in [-0.05, 0) is 37.0 Å². The van der Waals surface area contributed by atoms with Gasteiger partial charge in [-0.2, -0.15) is 0 Å². The summed E-state index contributed by atoms with van der Waals surface area (Å²) in [7, 11) is 0. The molecular weight excluding hydrogens is 214 g/mol. The molecule has 1 aromatic rings. The van der Waals surface area contributed by atoms with Gasteiger partial charge in [-0.3, -0.25) is 0 Å². The van der Waals surface area contributed by atoms with Crippen molar-refractivity contribution in [3.63, 3.8) is 0 Å². The number of hydrogen-bond donors (Lipinski definition) is 2. The topological polar surface area (TPSA) is 49.3 Å². The summed E-state index contributed by atoms with van der Waals surface area (Å²) in [6.07, 6.45) is 4.40. The number of carboxylic acid groups (broad SMARTS) is 1. The Kier molecular flexibility index (Phi) is 3.36. The molecule has 3 nitrogen and oxygen atoms in total. The molecule has 1 aromatic carbocycles. The van der Waals surface area contributed by atoms with E-state index in [1.54, 1.807) is 0 Å². The van der Waals surface area contributed by atoms with Gasteiger partial charge in [0.15, 0.2) is 0 Å². The van der Waals surface area contributed by atoms with Gasteiger partial charge >= 0.3 is 5.97 Å². The largest absolute Gasteiger partial charge is 0.480 e. The quantitative estimate of drug-likeness (QED) is 0.840. The molecule has 0 bridgehead atoms. The Bertz CT molecular complexity index is 408. The Morgan fingerprint density at radius 3 is 2.71 bits per heavy atom. The van der Waals surface area contributed by atoms with E-state index in [9.17, 15) is 9.90 Å². The molecular formula is C14H19NO2. The van der Waals surface area contributed by atoms with E-state index in [1.807, 2.05) is 18.2 Å². The van der Waals surface area contributed by atoms with Crippen molar-refractivity contribution in [1.29, 1.82) is 0 Å². The summed E-state index contributed by atoms with van der Waals surface area (Å²) in [6, 6.07) is 8.03. The van der Waals surface area contributed by atoms with Crippen molar-refractivity contribution in [3.8, 4) is 0 Å². The number of benzene rings is 1. The van der Waals surface area contributed by atoms with Gasteiger partial charge in [0.2, 0.25) is 0 Å². The molecule has 0 saturated heterocycles. The molecule has 17 heavy (non-hydrogen) atoms. The van der Waals surface area contributed by atoms with Crippen molar-refractivity contribution in [1.82, 2.24) is 0 Å². The molecule has 2 rings (SSSR count). The molecule has 0 unspecified atom stereocenters. The first-order valence-corrected chi connectivity index (χ1v) is 6.27. The maximum Gasteiger partial charge on any atom is 0.329 e. The van der Waals surface area contributed by atoms with E-state index in [2.05, 4.69) is 18.3 Å². The number of aliphatic carboxylic acids is 1. The number of anilines is 1. The zero-order valence-corrected chi connectivity index (χ0v) is 10.2.